The summed E-state index contributed by atoms with van der Waals surface area (Å²) in [7, 11) is 6.25. The number of piperidine rings is 1. The van der Waals surface area contributed by atoms with E-state index in [1.807, 2.05) is 7.05 Å². The Morgan fingerprint density at radius 2 is 1.72 bits per heavy atom. The summed E-state index contributed by atoms with van der Waals surface area (Å²) in [6.45, 7) is 2.44. The summed E-state index contributed by atoms with van der Waals surface area (Å²) in [5.74, 6) is 0.756. The standard InChI is InChI=1S/C15H25N3/c1-16-14-6-4-12(5-7-14)15(17-2)13-8-10-18(3)11-9-13/h4-7,13,15-17H,8-11H2,1-3H3. The fourth-order valence-electron chi connectivity index (χ4n) is 2.89. The monoisotopic (exact) mass is 247 g/mol. The Bertz CT molecular complexity index is 353. The average molecular weight is 247 g/mol. The molecule has 0 bridgehead atoms. The van der Waals surface area contributed by atoms with E-state index in [-0.39, 0.29) is 0 Å². The third-order valence-corrected chi connectivity index (χ3v) is 4.10. The van der Waals surface area contributed by atoms with Gasteiger partial charge in [-0.15, -0.1) is 0 Å². The summed E-state index contributed by atoms with van der Waals surface area (Å²) in [5.41, 5.74) is 2.59. The predicted molar refractivity (Wildman–Crippen MR) is 78.0 cm³/mol. The predicted octanol–water partition coefficient (Wildman–Crippen LogP) is 2.33. The molecule has 2 N–H and O–H groups in total. The molecule has 1 aliphatic rings. The molecular weight excluding hydrogens is 222 g/mol. The van der Waals surface area contributed by atoms with Crippen molar-refractivity contribution in [3.8, 4) is 0 Å². The summed E-state index contributed by atoms with van der Waals surface area (Å²) in [5, 5.41) is 6.67. The minimum absolute atomic E-state index is 0.490. The van der Waals surface area contributed by atoms with E-state index in [9.17, 15) is 0 Å². The molecule has 3 nitrogen and oxygen atoms in total. The summed E-state index contributed by atoms with van der Waals surface area (Å²) >= 11 is 0. The van der Waals surface area contributed by atoms with Crippen molar-refractivity contribution in [2.24, 2.45) is 5.92 Å². The highest BCUT2D eigenvalue weighted by Gasteiger charge is 2.25. The highest BCUT2D eigenvalue weighted by molar-refractivity contribution is 5.44. The van der Waals surface area contributed by atoms with Crippen LogP contribution < -0.4 is 10.6 Å². The first kappa shape index (κ1) is 13.4. The Morgan fingerprint density at radius 3 is 2.22 bits per heavy atom. The fraction of sp³-hybridized carbons (Fsp3) is 0.600. The van der Waals surface area contributed by atoms with Gasteiger partial charge in [0.25, 0.3) is 0 Å². The maximum Gasteiger partial charge on any atom is 0.0347 e. The minimum atomic E-state index is 0.490. The van der Waals surface area contributed by atoms with Gasteiger partial charge < -0.3 is 15.5 Å². The highest BCUT2D eigenvalue weighted by Crippen LogP contribution is 2.30. The topological polar surface area (TPSA) is 27.3 Å². The molecule has 0 spiro atoms. The van der Waals surface area contributed by atoms with Crippen LogP contribution in [-0.2, 0) is 0 Å². The molecule has 1 saturated heterocycles. The molecule has 1 aliphatic heterocycles. The second kappa shape index (κ2) is 6.21. The van der Waals surface area contributed by atoms with Gasteiger partial charge in [0.05, 0.1) is 0 Å². The number of likely N-dealkylation sites (tertiary alicyclic amines) is 1. The number of anilines is 1. The molecule has 0 saturated carbocycles. The number of nitrogens with zero attached hydrogens (tertiary/aromatic N) is 1. The van der Waals surface area contributed by atoms with Crippen molar-refractivity contribution in [2.45, 2.75) is 18.9 Å². The third kappa shape index (κ3) is 3.03. The van der Waals surface area contributed by atoms with Crippen molar-refractivity contribution in [2.75, 3.05) is 39.5 Å². The quantitative estimate of drug-likeness (QED) is 0.855. The maximum absolute atomic E-state index is 3.50. The smallest absolute Gasteiger partial charge is 0.0347 e. The van der Waals surface area contributed by atoms with Crippen molar-refractivity contribution < 1.29 is 0 Å². The van der Waals surface area contributed by atoms with Crippen LogP contribution in [0.2, 0.25) is 0 Å². The van der Waals surface area contributed by atoms with Gasteiger partial charge >= 0.3 is 0 Å². The molecule has 0 radical (unpaired) electrons. The lowest BCUT2D eigenvalue weighted by molar-refractivity contribution is 0.188. The van der Waals surface area contributed by atoms with Crippen LogP contribution in [0.1, 0.15) is 24.4 Å². The van der Waals surface area contributed by atoms with Crippen molar-refractivity contribution in [1.82, 2.24) is 10.2 Å². The molecule has 1 aromatic carbocycles. The first-order valence-corrected chi connectivity index (χ1v) is 6.88. The molecule has 0 aromatic heterocycles. The number of hydrogen-bond donors (Lipinski definition) is 2. The van der Waals surface area contributed by atoms with Crippen LogP contribution >= 0.6 is 0 Å². The Morgan fingerprint density at radius 1 is 1.11 bits per heavy atom. The molecule has 1 atom stereocenters. The van der Waals surface area contributed by atoms with Gasteiger partial charge in [-0.3, -0.25) is 0 Å². The largest absolute Gasteiger partial charge is 0.388 e. The molecule has 0 aliphatic carbocycles. The zero-order valence-electron chi connectivity index (χ0n) is 11.7. The van der Waals surface area contributed by atoms with Gasteiger partial charge in [0.15, 0.2) is 0 Å². The molecule has 2 rings (SSSR count). The SMILES string of the molecule is CNc1ccc(C(NC)C2CCN(C)CC2)cc1. The Balaban J connectivity index is 2.07. The van der Waals surface area contributed by atoms with Gasteiger partial charge in [-0.25, -0.2) is 0 Å². The summed E-state index contributed by atoms with van der Waals surface area (Å²) < 4.78 is 0. The van der Waals surface area contributed by atoms with Crippen LogP contribution in [-0.4, -0.2) is 39.1 Å². The van der Waals surface area contributed by atoms with Crippen LogP contribution in [0.4, 0.5) is 5.69 Å². The zero-order valence-corrected chi connectivity index (χ0v) is 11.7. The lowest BCUT2D eigenvalue weighted by atomic mass is 9.85. The van der Waals surface area contributed by atoms with E-state index >= 15 is 0 Å². The number of rotatable bonds is 4. The molecule has 18 heavy (non-hydrogen) atoms. The second-order valence-corrected chi connectivity index (χ2v) is 5.28. The third-order valence-electron chi connectivity index (χ3n) is 4.10. The van der Waals surface area contributed by atoms with Crippen molar-refractivity contribution in [3.05, 3.63) is 29.8 Å². The molecule has 100 valence electrons. The van der Waals surface area contributed by atoms with Crippen LogP contribution in [0.3, 0.4) is 0 Å². The molecule has 1 fully saturated rings. The Kier molecular flexibility index (Phi) is 4.61. The van der Waals surface area contributed by atoms with E-state index in [0.29, 0.717) is 6.04 Å². The number of nitrogens with one attached hydrogen (secondary N) is 2. The van der Waals surface area contributed by atoms with Crippen LogP contribution in [0.5, 0.6) is 0 Å². The van der Waals surface area contributed by atoms with E-state index in [1.54, 1.807) is 0 Å². The fourth-order valence-corrected chi connectivity index (χ4v) is 2.89. The number of benzene rings is 1. The Labute approximate surface area is 111 Å². The van der Waals surface area contributed by atoms with E-state index in [0.717, 1.165) is 5.92 Å². The summed E-state index contributed by atoms with van der Waals surface area (Å²) in [6, 6.07) is 9.30. The van der Waals surface area contributed by atoms with Gasteiger partial charge in [0.2, 0.25) is 0 Å². The molecule has 1 heterocycles. The second-order valence-electron chi connectivity index (χ2n) is 5.28. The van der Waals surface area contributed by atoms with Crippen molar-refractivity contribution in [1.29, 1.82) is 0 Å². The van der Waals surface area contributed by atoms with E-state index in [1.165, 1.54) is 37.2 Å². The minimum Gasteiger partial charge on any atom is -0.388 e. The van der Waals surface area contributed by atoms with Gasteiger partial charge in [-0.2, -0.15) is 0 Å². The van der Waals surface area contributed by atoms with E-state index in [4.69, 9.17) is 0 Å². The lowest BCUT2D eigenvalue weighted by Gasteiger charge is -2.34. The van der Waals surface area contributed by atoms with Gasteiger partial charge in [-0.1, -0.05) is 12.1 Å². The first-order valence-electron chi connectivity index (χ1n) is 6.88. The van der Waals surface area contributed by atoms with Crippen molar-refractivity contribution >= 4 is 5.69 Å². The van der Waals surface area contributed by atoms with Crippen LogP contribution in [0.15, 0.2) is 24.3 Å². The first-order chi connectivity index (χ1) is 8.74. The molecule has 1 unspecified atom stereocenters. The lowest BCUT2D eigenvalue weighted by Crippen LogP contribution is -2.36. The summed E-state index contributed by atoms with van der Waals surface area (Å²) in [6.07, 6.45) is 2.57. The Hall–Kier alpha value is -1.06. The van der Waals surface area contributed by atoms with Gasteiger partial charge in [0.1, 0.15) is 0 Å². The highest BCUT2D eigenvalue weighted by atomic mass is 15.1. The van der Waals surface area contributed by atoms with Crippen LogP contribution in [0.25, 0.3) is 0 Å². The number of hydrogen-bond acceptors (Lipinski definition) is 3. The molecule has 3 heteroatoms. The molecular formula is C15H25N3. The maximum atomic E-state index is 3.50. The van der Waals surface area contributed by atoms with Crippen LogP contribution in [0, 0.1) is 5.92 Å². The van der Waals surface area contributed by atoms with Gasteiger partial charge in [0, 0.05) is 18.8 Å². The van der Waals surface area contributed by atoms with E-state index in [2.05, 4.69) is 53.9 Å². The molecule has 0 amide bonds. The van der Waals surface area contributed by atoms with E-state index < -0.39 is 0 Å². The normalized spacial score (nSPS) is 19.7. The summed E-state index contributed by atoms with van der Waals surface area (Å²) in [4.78, 5) is 2.42. The molecule has 1 aromatic rings. The van der Waals surface area contributed by atoms with Gasteiger partial charge in [-0.05, 0) is 63.6 Å². The van der Waals surface area contributed by atoms with Crippen molar-refractivity contribution in [3.63, 3.8) is 0 Å². The zero-order chi connectivity index (χ0) is 13.0. The average Bonchev–Trinajstić information content (AvgIpc) is 2.42.